The summed E-state index contributed by atoms with van der Waals surface area (Å²) >= 11 is 6.01. The van der Waals surface area contributed by atoms with Crippen molar-refractivity contribution in [3.63, 3.8) is 0 Å². The summed E-state index contributed by atoms with van der Waals surface area (Å²) in [5, 5.41) is 10.4. The molecule has 1 aliphatic rings. The van der Waals surface area contributed by atoms with E-state index >= 15 is 0 Å². The molecule has 0 aliphatic heterocycles. The van der Waals surface area contributed by atoms with Crippen LogP contribution < -0.4 is 0 Å². The molecule has 2 rings (SSSR count). The van der Waals surface area contributed by atoms with Gasteiger partial charge in [0.15, 0.2) is 0 Å². The van der Waals surface area contributed by atoms with E-state index in [0.717, 1.165) is 19.3 Å². The first kappa shape index (κ1) is 12.8. The van der Waals surface area contributed by atoms with Crippen molar-refractivity contribution in [2.24, 2.45) is 11.8 Å². The van der Waals surface area contributed by atoms with Gasteiger partial charge in [0.2, 0.25) is 0 Å². The van der Waals surface area contributed by atoms with Crippen molar-refractivity contribution in [3.05, 3.63) is 34.6 Å². The number of aliphatic hydroxyl groups excluding tert-OH is 1. The Morgan fingerprint density at radius 1 is 1.41 bits per heavy atom. The molecule has 1 fully saturated rings. The van der Waals surface area contributed by atoms with E-state index in [1.165, 1.54) is 6.07 Å². The van der Waals surface area contributed by atoms with Crippen molar-refractivity contribution < 1.29 is 9.50 Å². The van der Waals surface area contributed by atoms with Crippen molar-refractivity contribution in [2.45, 2.75) is 38.7 Å². The molecule has 1 aromatic rings. The predicted molar refractivity (Wildman–Crippen MR) is 67.6 cm³/mol. The molecule has 1 aliphatic carbocycles. The van der Waals surface area contributed by atoms with Crippen molar-refractivity contribution in [1.29, 1.82) is 0 Å². The lowest BCUT2D eigenvalue weighted by molar-refractivity contribution is 0.0516. The molecular weight excluding hydrogens is 239 g/mol. The van der Waals surface area contributed by atoms with Crippen LogP contribution in [0.15, 0.2) is 18.2 Å². The smallest absolute Gasteiger partial charge is 0.127 e. The molecule has 94 valence electrons. The van der Waals surface area contributed by atoms with Gasteiger partial charge in [-0.2, -0.15) is 0 Å². The largest absolute Gasteiger partial charge is 0.393 e. The van der Waals surface area contributed by atoms with E-state index in [-0.39, 0.29) is 17.8 Å². The number of hydrogen-bond donors (Lipinski definition) is 1. The molecule has 0 radical (unpaired) electrons. The molecule has 0 bridgehead atoms. The SMILES string of the molecule is CC1CCC(O)C(Cc2c(F)cccc2Cl)C1. The van der Waals surface area contributed by atoms with Crippen LogP contribution in [0.4, 0.5) is 4.39 Å². The molecule has 0 spiro atoms. The summed E-state index contributed by atoms with van der Waals surface area (Å²) in [6.45, 7) is 2.18. The molecule has 0 aromatic heterocycles. The molecular formula is C14H18ClFO. The van der Waals surface area contributed by atoms with Gasteiger partial charge in [0.1, 0.15) is 5.82 Å². The Morgan fingerprint density at radius 2 is 2.18 bits per heavy atom. The first-order chi connectivity index (χ1) is 8.08. The third kappa shape index (κ3) is 2.99. The van der Waals surface area contributed by atoms with E-state index < -0.39 is 0 Å². The molecule has 0 heterocycles. The van der Waals surface area contributed by atoms with Gasteiger partial charge in [-0.1, -0.05) is 24.6 Å². The van der Waals surface area contributed by atoms with E-state index in [1.54, 1.807) is 12.1 Å². The summed E-state index contributed by atoms with van der Waals surface area (Å²) in [6.07, 6.45) is 3.05. The number of benzene rings is 1. The summed E-state index contributed by atoms with van der Waals surface area (Å²) in [4.78, 5) is 0. The lowest BCUT2D eigenvalue weighted by Crippen LogP contribution is -2.30. The van der Waals surface area contributed by atoms with E-state index in [9.17, 15) is 9.50 Å². The van der Waals surface area contributed by atoms with Gasteiger partial charge in [-0.3, -0.25) is 0 Å². The Morgan fingerprint density at radius 3 is 2.88 bits per heavy atom. The average Bonchev–Trinajstić information content (AvgIpc) is 2.28. The molecule has 0 amide bonds. The van der Waals surface area contributed by atoms with Crippen molar-refractivity contribution >= 4 is 11.6 Å². The van der Waals surface area contributed by atoms with Crippen LogP contribution >= 0.6 is 11.6 Å². The topological polar surface area (TPSA) is 20.2 Å². The zero-order valence-corrected chi connectivity index (χ0v) is 10.8. The number of rotatable bonds is 2. The predicted octanol–water partition coefficient (Wildman–Crippen LogP) is 3.82. The minimum absolute atomic E-state index is 0.133. The highest BCUT2D eigenvalue weighted by Gasteiger charge is 2.28. The summed E-state index contributed by atoms with van der Waals surface area (Å²) in [6, 6.07) is 4.75. The van der Waals surface area contributed by atoms with Gasteiger partial charge >= 0.3 is 0 Å². The Balaban J connectivity index is 2.14. The number of halogens is 2. The molecule has 1 nitrogen and oxygen atoms in total. The van der Waals surface area contributed by atoms with E-state index in [2.05, 4.69) is 6.92 Å². The van der Waals surface area contributed by atoms with Gasteiger partial charge in [0.25, 0.3) is 0 Å². The fraction of sp³-hybridized carbons (Fsp3) is 0.571. The van der Waals surface area contributed by atoms with Crippen LogP contribution in [0.1, 0.15) is 31.7 Å². The van der Waals surface area contributed by atoms with E-state index in [4.69, 9.17) is 11.6 Å². The Bertz CT molecular complexity index is 374. The summed E-state index contributed by atoms with van der Waals surface area (Å²) in [5.74, 6) is 0.477. The lowest BCUT2D eigenvalue weighted by atomic mass is 9.77. The minimum atomic E-state index is -0.318. The van der Waals surface area contributed by atoms with Gasteiger partial charge in [-0.05, 0) is 49.7 Å². The van der Waals surface area contributed by atoms with Crippen molar-refractivity contribution in [1.82, 2.24) is 0 Å². The normalized spacial score (nSPS) is 29.3. The van der Waals surface area contributed by atoms with Crippen LogP contribution in [0.5, 0.6) is 0 Å². The van der Waals surface area contributed by atoms with Crippen LogP contribution in [0.3, 0.4) is 0 Å². The van der Waals surface area contributed by atoms with Crippen LogP contribution in [0, 0.1) is 17.7 Å². The van der Waals surface area contributed by atoms with Crippen LogP contribution in [0.2, 0.25) is 5.02 Å². The van der Waals surface area contributed by atoms with Gasteiger partial charge in [0, 0.05) is 10.6 Å². The highest BCUT2D eigenvalue weighted by atomic mass is 35.5. The average molecular weight is 257 g/mol. The maximum absolute atomic E-state index is 13.7. The molecule has 1 saturated carbocycles. The van der Waals surface area contributed by atoms with E-state index in [1.807, 2.05) is 0 Å². The zero-order chi connectivity index (χ0) is 12.4. The highest BCUT2D eigenvalue weighted by Crippen LogP contribution is 2.33. The standard InChI is InChI=1S/C14H18ClFO/c1-9-5-6-14(17)10(7-9)8-11-12(15)3-2-4-13(11)16/h2-4,9-10,14,17H,5-8H2,1H3. The van der Waals surface area contributed by atoms with Crippen LogP contribution in [0.25, 0.3) is 0 Å². The Labute approximate surface area is 107 Å². The fourth-order valence-electron chi connectivity index (χ4n) is 2.69. The van der Waals surface area contributed by atoms with Crippen molar-refractivity contribution in [2.75, 3.05) is 0 Å². The Kier molecular flexibility index (Phi) is 4.05. The quantitative estimate of drug-likeness (QED) is 0.853. The second kappa shape index (κ2) is 5.36. The first-order valence-corrected chi connectivity index (χ1v) is 6.56. The molecule has 3 heteroatoms. The molecule has 17 heavy (non-hydrogen) atoms. The maximum atomic E-state index is 13.7. The second-order valence-electron chi connectivity index (χ2n) is 5.15. The second-order valence-corrected chi connectivity index (χ2v) is 5.56. The fourth-order valence-corrected chi connectivity index (χ4v) is 2.93. The zero-order valence-electron chi connectivity index (χ0n) is 10.00. The molecule has 1 aromatic carbocycles. The van der Waals surface area contributed by atoms with Gasteiger partial charge in [-0.15, -0.1) is 0 Å². The van der Waals surface area contributed by atoms with Crippen LogP contribution in [-0.2, 0) is 6.42 Å². The summed E-state index contributed by atoms with van der Waals surface area (Å²) in [7, 11) is 0. The van der Waals surface area contributed by atoms with Crippen LogP contribution in [-0.4, -0.2) is 11.2 Å². The minimum Gasteiger partial charge on any atom is -0.393 e. The molecule has 0 saturated heterocycles. The van der Waals surface area contributed by atoms with Gasteiger partial charge < -0.3 is 5.11 Å². The Hall–Kier alpha value is -0.600. The maximum Gasteiger partial charge on any atom is 0.127 e. The molecule has 3 unspecified atom stereocenters. The lowest BCUT2D eigenvalue weighted by Gasteiger charge is -2.32. The summed E-state index contributed by atoms with van der Waals surface area (Å²) in [5.41, 5.74) is 0.548. The molecule has 3 atom stereocenters. The third-order valence-electron chi connectivity index (χ3n) is 3.73. The third-order valence-corrected chi connectivity index (χ3v) is 4.09. The first-order valence-electron chi connectivity index (χ1n) is 6.19. The highest BCUT2D eigenvalue weighted by molar-refractivity contribution is 6.31. The molecule has 1 N–H and O–H groups in total. The van der Waals surface area contributed by atoms with E-state index in [0.29, 0.717) is 22.9 Å². The number of hydrogen-bond acceptors (Lipinski definition) is 1. The van der Waals surface area contributed by atoms with Gasteiger partial charge in [-0.25, -0.2) is 4.39 Å². The number of aliphatic hydroxyl groups is 1. The summed E-state index contributed by atoms with van der Waals surface area (Å²) < 4.78 is 13.7. The van der Waals surface area contributed by atoms with Gasteiger partial charge in [0.05, 0.1) is 6.10 Å². The van der Waals surface area contributed by atoms with Crippen molar-refractivity contribution in [3.8, 4) is 0 Å². The monoisotopic (exact) mass is 256 g/mol.